The molecule has 6 nitrogen and oxygen atoms in total. The van der Waals surface area contributed by atoms with Crippen molar-refractivity contribution in [2.75, 3.05) is 52.9 Å². The number of hydrogen-bond acceptors (Lipinski definition) is 5. The van der Waals surface area contributed by atoms with E-state index < -0.39 is 0 Å². The first kappa shape index (κ1) is 17.7. The number of pyridine rings is 1. The smallest absolute Gasteiger partial charge is 0.254 e. The normalized spacial score (nSPS) is 10.5. The molecule has 0 spiro atoms. The molecule has 0 radical (unpaired) electrons. The highest BCUT2D eigenvalue weighted by molar-refractivity contribution is 6.29. The van der Waals surface area contributed by atoms with E-state index in [2.05, 4.69) is 10.3 Å². The number of ether oxygens (including phenoxy) is 2. The van der Waals surface area contributed by atoms with Gasteiger partial charge in [0.2, 0.25) is 0 Å². The van der Waals surface area contributed by atoms with Gasteiger partial charge >= 0.3 is 0 Å². The third kappa shape index (κ3) is 5.87. The summed E-state index contributed by atoms with van der Waals surface area (Å²) < 4.78 is 10.1. The summed E-state index contributed by atoms with van der Waals surface area (Å²) in [5.74, 6) is 0.471. The maximum absolute atomic E-state index is 12.6. The van der Waals surface area contributed by atoms with Crippen molar-refractivity contribution in [1.82, 2.24) is 9.88 Å². The first-order chi connectivity index (χ1) is 10.1. The average Bonchev–Trinajstić information content (AvgIpc) is 2.49. The summed E-state index contributed by atoms with van der Waals surface area (Å²) in [6.45, 7) is 2.21. The quantitative estimate of drug-likeness (QED) is 0.557. The Morgan fingerprint density at radius 2 is 2.00 bits per heavy atom. The van der Waals surface area contributed by atoms with Crippen molar-refractivity contribution in [3.05, 3.63) is 22.8 Å². The number of carbonyl (C=O) groups excluding carboxylic acids is 1. The predicted molar refractivity (Wildman–Crippen MR) is 83.1 cm³/mol. The fraction of sp³-hybridized carbons (Fsp3) is 0.571. The van der Waals surface area contributed by atoms with Gasteiger partial charge in [0.15, 0.2) is 0 Å². The summed E-state index contributed by atoms with van der Waals surface area (Å²) in [4.78, 5) is 18.4. The second-order valence-corrected chi connectivity index (χ2v) is 4.83. The molecule has 7 heteroatoms. The molecular weight excluding hydrogens is 294 g/mol. The van der Waals surface area contributed by atoms with Crippen LogP contribution in [0.4, 0.5) is 5.82 Å². The van der Waals surface area contributed by atoms with Crippen molar-refractivity contribution in [3.8, 4) is 0 Å². The lowest BCUT2D eigenvalue weighted by atomic mass is 10.2. The number of nitrogens with zero attached hydrogens (tertiary/aromatic N) is 2. The maximum Gasteiger partial charge on any atom is 0.254 e. The van der Waals surface area contributed by atoms with Gasteiger partial charge in [0.25, 0.3) is 5.91 Å². The van der Waals surface area contributed by atoms with Gasteiger partial charge in [0.1, 0.15) is 11.0 Å². The van der Waals surface area contributed by atoms with Crippen molar-refractivity contribution < 1.29 is 14.3 Å². The van der Waals surface area contributed by atoms with E-state index in [1.54, 1.807) is 38.3 Å². The molecule has 0 unspecified atom stereocenters. The third-order valence-electron chi connectivity index (χ3n) is 2.93. The molecule has 1 aromatic heterocycles. The molecule has 1 heterocycles. The second kappa shape index (κ2) is 9.55. The molecule has 0 aliphatic rings. The fourth-order valence-electron chi connectivity index (χ4n) is 1.85. The molecule has 0 aromatic carbocycles. The highest BCUT2D eigenvalue weighted by Gasteiger charge is 2.17. The predicted octanol–water partition coefficient (Wildman–Crippen LogP) is 1.90. The van der Waals surface area contributed by atoms with E-state index in [9.17, 15) is 4.79 Å². The summed E-state index contributed by atoms with van der Waals surface area (Å²) in [5.41, 5.74) is 0.507. The zero-order valence-corrected chi connectivity index (χ0v) is 13.4. The molecule has 0 bridgehead atoms. The van der Waals surface area contributed by atoms with Crippen molar-refractivity contribution in [2.24, 2.45) is 0 Å². The Balaban J connectivity index is 2.84. The van der Waals surface area contributed by atoms with Gasteiger partial charge in [-0.3, -0.25) is 4.79 Å². The van der Waals surface area contributed by atoms with Crippen LogP contribution in [0.3, 0.4) is 0 Å². The van der Waals surface area contributed by atoms with E-state index in [0.717, 1.165) is 6.42 Å². The minimum Gasteiger partial charge on any atom is -0.385 e. The lowest BCUT2D eigenvalue weighted by Gasteiger charge is -2.22. The molecule has 118 valence electrons. The van der Waals surface area contributed by atoms with Gasteiger partial charge in [0.05, 0.1) is 6.61 Å². The van der Waals surface area contributed by atoms with Crippen molar-refractivity contribution in [2.45, 2.75) is 6.42 Å². The van der Waals surface area contributed by atoms with Crippen molar-refractivity contribution >= 4 is 23.3 Å². The Morgan fingerprint density at radius 3 is 2.62 bits per heavy atom. The highest BCUT2D eigenvalue weighted by Crippen LogP contribution is 2.16. The number of carbonyl (C=O) groups is 1. The lowest BCUT2D eigenvalue weighted by molar-refractivity contribution is 0.0674. The summed E-state index contributed by atoms with van der Waals surface area (Å²) in [5, 5.41) is 3.17. The van der Waals surface area contributed by atoms with Crippen LogP contribution >= 0.6 is 11.6 Å². The highest BCUT2D eigenvalue weighted by atomic mass is 35.5. The van der Waals surface area contributed by atoms with E-state index in [1.807, 2.05) is 0 Å². The molecule has 0 aliphatic heterocycles. The molecule has 1 N–H and O–H groups in total. The Labute approximate surface area is 130 Å². The zero-order chi connectivity index (χ0) is 15.7. The van der Waals surface area contributed by atoms with Crippen LogP contribution in [0.5, 0.6) is 0 Å². The van der Waals surface area contributed by atoms with E-state index >= 15 is 0 Å². The topological polar surface area (TPSA) is 63.7 Å². The van der Waals surface area contributed by atoms with Gasteiger partial charge < -0.3 is 19.7 Å². The molecule has 0 aliphatic carbocycles. The molecule has 1 amide bonds. The van der Waals surface area contributed by atoms with Gasteiger partial charge in [-0.2, -0.15) is 0 Å². The Hall–Kier alpha value is -1.37. The van der Waals surface area contributed by atoms with Crippen LogP contribution in [0.15, 0.2) is 12.1 Å². The van der Waals surface area contributed by atoms with Crippen LogP contribution in [-0.2, 0) is 9.47 Å². The molecule has 21 heavy (non-hydrogen) atoms. The summed E-state index contributed by atoms with van der Waals surface area (Å²) in [7, 11) is 4.98. The standard InChI is InChI=1S/C14H22ClN3O3/c1-16-13-10-11(9-12(15)17-13)14(19)18(6-8-21-3)5-4-7-20-2/h9-10H,4-8H2,1-3H3,(H,16,17). The molecule has 1 aromatic rings. The Bertz CT molecular complexity index is 457. The molecule has 0 saturated heterocycles. The van der Waals surface area contributed by atoms with Crippen molar-refractivity contribution in [1.29, 1.82) is 0 Å². The van der Waals surface area contributed by atoms with Crippen LogP contribution in [0.1, 0.15) is 16.8 Å². The van der Waals surface area contributed by atoms with Gasteiger partial charge in [-0.05, 0) is 18.6 Å². The van der Waals surface area contributed by atoms with Crippen molar-refractivity contribution in [3.63, 3.8) is 0 Å². The molecule has 0 fully saturated rings. The first-order valence-corrected chi connectivity index (χ1v) is 7.12. The minimum absolute atomic E-state index is 0.0936. The molecule has 0 atom stereocenters. The number of aromatic nitrogens is 1. The molecular formula is C14H22ClN3O3. The zero-order valence-electron chi connectivity index (χ0n) is 12.7. The number of hydrogen-bond donors (Lipinski definition) is 1. The van der Waals surface area contributed by atoms with Gasteiger partial charge in [-0.1, -0.05) is 11.6 Å². The number of nitrogens with one attached hydrogen (secondary N) is 1. The van der Waals surface area contributed by atoms with E-state index in [1.165, 1.54) is 0 Å². The monoisotopic (exact) mass is 315 g/mol. The summed E-state index contributed by atoms with van der Waals surface area (Å²) in [6.07, 6.45) is 0.768. The van der Waals surface area contributed by atoms with Crippen LogP contribution < -0.4 is 5.32 Å². The fourth-order valence-corrected chi connectivity index (χ4v) is 2.06. The van der Waals surface area contributed by atoms with Gasteiger partial charge in [-0.25, -0.2) is 4.98 Å². The summed E-state index contributed by atoms with van der Waals surface area (Å²) >= 11 is 5.94. The number of methoxy groups -OCH3 is 2. The lowest BCUT2D eigenvalue weighted by Crippen LogP contribution is -2.35. The number of halogens is 1. The second-order valence-electron chi connectivity index (χ2n) is 4.45. The minimum atomic E-state index is -0.0936. The average molecular weight is 316 g/mol. The number of amides is 1. The van der Waals surface area contributed by atoms with Crippen LogP contribution in [0.2, 0.25) is 5.15 Å². The van der Waals surface area contributed by atoms with Crippen LogP contribution in [0, 0.1) is 0 Å². The molecule has 1 rings (SSSR count). The van der Waals surface area contributed by atoms with E-state index in [4.69, 9.17) is 21.1 Å². The number of anilines is 1. The SMILES string of the molecule is CNc1cc(C(=O)N(CCCOC)CCOC)cc(Cl)n1. The Kier molecular flexibility index (Phi) is 8.04. The molecule has 0 saturated carbocycles. The van der Waals surface area contributed by atoms with Gasteiger partial charge in [0, 0.05) is 46.5 Å². The third-order valence-corrected chi connectivity index (χ3v) is 3.12. The first-order valence-electron chi connectivity index (χ1n) is 6.74. The number of rotatable bonds is 9. The maximum atomic E-state index is 12.6. The van der Waals surface area contributed by atoms with Crippen LogP contribution in [-0.4, -0.2) is 63.4 Å². The Morgan fingerprint density at radius 1 is 1.29 bits per heavy atom. The van der Waals surface area contributed by atoms with E-state index in [-0.39, 0.29) is 11.1 Å². The summed E-state index contributed by atoms with van der Waals surface area (Å²) in [6, 6.07) is 3.26. The van der Waals surface area contributed by atoms with E-state index in [0.29, 0.717) is 37.7 Å². The van der Waals surface area contributed by atoms with Gasteiger partial charge in [-0.15, -0.1) is 0 Å². The largest absolute Gasteiger partial charge is 0.385 e. The van der Waals surface area contributed by atoms with Crippen LogP contribution in [0.25, 0.3) is 0 Å².